The van der Waals surface area contributed by atoms with Gasteiger partial charge in [0.1, 0.15) is 17.4 Å². The van der Waals surface area contributed by atoms with Crippen molar-refractivity contribution in [3.05, 3.63) is 40.8 Å². The number of sulfonamides is 1. The van der Waals surface area contributed by atoms with Gasteiger partial charge in [-0.05, 0) is 36.2 Å². The van der Waals surface area contributed by atoms with Crippen LogP contribution in [0.15, 0.2) is 34.5 Å². The summed E-state index contributed by atoms with van der Waals surface area (Å²) in [5.41, 5.74) is 0.572. The minimum absolute atomic E-state index is 0.110. The molecule has 24 heavy (non-hydrogen) atoms. The van der Waals surface area contributed by atoms with Crippen LogP contribution in [0.4, 0.5) is 0 Å². The lowest BCUT2D eigenvalue weighted by molar-refractivity contribution is 0.165. The Morgan fingerprint density at radius 1 is 1.21 bits per heavy atom. The van der Waals surface area contributed by atoms with Crippen molar-refractivity contribution >= 4 is 21.4 Å². The molecule has 1 aliphatic heterocycles. The fourth-order valence-corrected chi connectivity index (χ4v) is 4.72. The van der Waals surface area contributed by atoms with Gasteiger partial charge in [0, 0.05) is 11.4 Å². The Bertz CT molecular complexity index is 816. The van der Waals surface area contributed by atoms with Crippen molar-refractivity contribution in [1.82, 2.24) is 4.72 Å². The van der Waals surface area contributed by atoms with Gasteiger partial charge >= 0.3 is 0 Å². The van der Waals surface area contributed by atoms with E-state index in [-0.39, 0.29) is 10.8 Å². The first-order valence-corrected chi connectivity index (χ1v) is 9.95. The highest BCUT2D eigenvalue weighted by Gasteiger charge is 2.20. The third kappa shape index (κ3) is 3.72. The van der Waals surface area contributed by atoms with E-state index < -0.39 is 16.1 Å². The molecule has 0 saturated heterocycles. The molecule has 1 aromatic carbocycles. The fourth-order valence-electron chi connectivity index (χ4n) is 2.34. The molecule has 130 valence electrons. The molecule has 1 aliphatic rings. The van der Waals surface area contributed by atoms with Gasteiger partial charge in [-0.1, -0.05) is 13.0 Å². The van der Waals surface area contributed by atoms with Gasteiger partial charge in [-0.15, -0.1) is 11.3 Å². The monoisotopic (exact) mass is 369 g/mol. The number of aliphatic hydroxyl groups excluding tert-OH is 1. The third-order valence-electron chi connectivity index (χ3n) is 3.67. The van der Waals surface area contributed by atoms with Crippen molar-refractivity contribution < 1.29 is 23.0 Å². The van der Waals surface area contributed by atoms with E-state index in [0.29, 0.717) is 30.3 Å². The number of fused-ring (bicyclic) bond motifs is 1. The van der Waals surface area contributed by atoms with Gasteiger partial charge in [-0.2, -0.15) is 0 Å². The van der Waals surface area contributed by atoms with Gasteiger partial charge in [0.2, 0.25) is 10.0 Å². The van der Waals surface area contributed by atoms with Gasteiger partial charge in [-0.3, -0.25) is 0 Å². The van der Waals surface area contributed by atoms with Gasteiger partial charge in [0.25, 0.3) is 0 Å². The van der Waals surface area contributed by atoms with E-state index in [1.54, 1.807) is 30.3 Å². The zero-order valence-corrected chi connectivity index (χ0v) is 14.8. The molecule has 2 N–H and O–H groups in total. The minimum Gasteiger partial charge on any atom is -0.486 e. The van der Waals surface area contributed by atoms with Crippen LogP contribution in [0.3, 0.4) is 0 Å². The van der Waals surface area contributed by atoms with Crippen LogP contribution < -0.4 is 14.2 Å². The van der Waals surface area contributed by atoms with Gasteiger partial charge in [0.05, 0.1) is 6.10 Å². The molecule has 0 saturated carbocycles. The molecule has 0 amide bonds. The topological polar surface area (TPSA) is 84.9 Å². The quantitative estimate of drug-likeness (QED) is 0.814. The van der Waals surface area contributed by atoms with Crippen molar-refractivity contribution in [3.63, 3.8) is 0 Å². The summed E-state index contributed by atoms with van der Waals surface area (Å²) in [4.78, 5) is 1.00. The minimum atomic E-state index is -3.62. The molecule has 0 bridgehead atoms. The summed E-state index contributed by atoms with van der Waals surface area (Å²) in [5.74, 6) is 1.19. The van der Waals surface area contributed by atoms with E-state index in [2.05, 4.69) is 4.72 Å². The molecular formula is C16H19NO5S2. The highest BCUT2D eigenvalue weighted by atomic mass is 32.2. The molecule has 1 aromatic heterocycles. The zero-order valence-electron chi connectivity index (χ0n) is 13.2. The molecule has 0 fully saturated rings. The Kier molecular flexibility index (Phi) is 5.09. The maximum absolute atomic E-state index is 12.3. The average Bonchev–Trinajstić information content (AvgIpc) is 3.09. The van der Waals surface area contributed by atoms with Crippen molar-refractivity contribution in [3.8, 4) is 11.5 Å². The second-order valence-electron chi connectivity index (χ2n) is 5.35. The van der Waals surface area contributed by atoms with Crippen LogP contribution in [0.25, 0.3) is 0 Å². The zero-order chi connectivity index (χ0) is 17.2. The first-order valence-electron chi connectivity index (χ1n) is 7.65. The number of rotatable bonds is 6. The predicted molar refractivity (Wildman–Crippen MR) is 91.3 cm³/mol. The summed E-state index contributed by atoms with van der Waals surface area (Å²) in [6.07, 6.45) is -0.179. The van der Waals surface area contributed by atoms with E-state index in [4.69, 9.17) is 9.47 Å². The molecule has 8 heteroatoms. The highest BCUT2D eigenvalue weighted by Crippen LogP contribution is 2.32. The number of thiophene rings is 1. The highest BCUT2D eigenvalue weighted by molar-refractivity contribution is 7.91. The number of aryl methyl sites for hydroxylation is 1. The Morgan fingerprint density at radius 3 is 2.67 bits per heavy atom. The van der Waals surface area contributed by atoms with E-state index in [0.717, 1.165) is 11.3 Å². The van der Waals surface area contributed by atoms with Crippen LogP contribution in [0.2, 0.25) is 0 Å². The molecule has 2 aromatic rings. The molecule has 0 spiro atoms. The lowest BCUT2D eigenvalue weighted by atomic mass is 10.1. The number of ether oxygens (including phenoxy) is 2. The van der Waals surface area contributed by atoms with E-state index in [1.807, 2.05) is 6.92 Å². The summed E-state index contributed by atoms with van der Waals surface area (Å²) >= 11 is 1.24. The van der Waals surface area contributed by atoms with Crippen LogP contribution in [-0.2, 0) is 16.4 Å². The Hall–Kier alpha value is -1.61. The van der Waals surface area contributed by atoms with Gasteiger partial charge in [-0.25, -0.2) is 13.1 Å². The number of nitrogens with one attached hydrogen (secondary N) is 1. The van der Waals surface area contributed by atoms with Gasteiger partial charge < -0.3 is 14.6 Å². The van der Waals surface area contributed by atoms with Crippen molar-refractivity contribution in [2.75, 3.05) is 19.8 Å². The summed E-state index contributed by atoms with van der Waals surface area (Å²) in [6, 6.07) is 8.48. The molecule has 0 unspecified atom stereocenters. The van der Waals surface area contributed by atoms with Crippen LogP contribution in [0, 0.1) is 0 Å². The molecule has 1 atom stereocenters. The second-order valence-corrected chi connectivity index (χ2v) is 8.51. The maximum atomic E-state index is 12.3. The molecular weight excluding hydrogens is 350 g/mol. The van der Waals surface area contributed by atoms with Crippen LogP contribution in [0.5, 0.6) is 11.5 Å². The Morgan fingerprint density at radius 2 is 1.96 bits per heavy atom. The third-order valence-corrected chi connectivity index (χ3v) is 6.81. The van der Waals surface area contributed by atoms with E-state index in [9.17, 15) is 13.5 Å². The SMILES string of the molecule is CCc1ccc(S(=O)(=O)NC[C@H](O)c2ccc3c(c2)OCCO3)s1. The van der Waals surface area contributed by atoms with Crippen LogP contribution in [0.1, 0.15) is 23.5 Å². The predicted octanol–water partition coefficient (Wildman–Crippen LogP) is 2.09. The Labute approximate surface area is 145 Å². The average molecular weight is 369 g/mol. The first kappa shape index (κ1) is 17.2. The van der Waals surface area contributed by atoms with Crippen molar-refractivity contribution in [1.29, 1.82) is 0 Å². The summed E-state index contributed by atoms with van der Waals surface area (Å²) in [7, 11) is -3.62. The smallest absolute Gasteiger partial charge is 0.250 e. The number of benzene rings is 1. The van der Waals surface area contributed by atoms with Crippen molar-refractivity contribution in [2.45, 2.75) is 23.7 Å². The Balaban J connectivity index is 1.67. The summed E-state index contributed by atoms with van der Waals surface area (Å²) < 4.78 is 38.2. The molecule has 0 aliphatic carbocycles. The number of aliphatic hydroxyl groups is 1. The number of hydrogen-bond donors (Lipinski definition) is 2. The lowest BCUT2D eigenvalue weighted by Gasteiger charge is -2.20. The fraction of sp³-hybridized carbons (Fsp3) is 0.375. The van der Waals surface area contributed by atoms with Gasteiger partial charge in [0.15, 0.2) is 11.5 Å². The second kappa shape index (κ2) is 7.10. The normalized spacial score (nSPS) is 15.2. The van der Waals surface area contributed by atoms with Crippen LogP contribution >= 0.6 is 11.3 Å². The molecule has 6 nitrogen and oxygen atoms in total. The summed E-state index contributed by atoms with van der Waals surface area (Å²) in [5, 5.41) is 10.3. The summed E-state index contributed by atoms with van der Waals surface area (Å²) in [6.45, 7) is 2.81. The van der Waals surface area contributed by atoms with E-state index >= 15 is 0 Å². The molecule has 2 heterocycles. The molecule has 3 rings (SSSR count). The standard InChI is InChI=1S/C16H19NO5S2/c1-2-12-4-6-16(23-12)24(19,20)17-10-13(18)11-3-5-14-15(9-11)22-8-7-21-14/h3-6,9,13,17-18H,2,7-8,10H2,1H3/t13-/m0/s1. The first-order chi connectivity index (χ1) is 11.5. The largest absolute Gasteiger partial charge is 0.486 e. The van der Waals surface area contributed by atoms with E-state index in [1.165, 1.54) is 11.3 Å². The number of hydrogen-bond acceptors (Lipinski definition) is 6. The van der Waals surface area contributed by atoms with Crippen molar-refractivity contribution in [2.24, 2.45) is 0 Å². The van der Waals surface area contributed by atoms with Crippen LogP contribution in [-0.4, -0.2) is 33.3 Å². The maximum Gasteiger partial charge on any atom is 0.250 e. The lowest BCUT2D eigenvalue weighted by Crippen LogP contribution is -2.28. The molecule has 0 radical (unpaired) electrons.